The van der Waals surface area contributed by atoms with Crippen molar-refractivity contribution < 1.29 is 9.47 Å². The number of rotatable bonds is 3. The zero-order valence-electron chi connectivity index (χ0n) is 10.8. The second kappa shape index (κ2) is 4.02. The van der Waals surface area contributed by atoms with Gasteiger partial charge in [0.1, 0.15) is 18.1 Å². The van der Waals surface area contributed by atoms with E-state index >= 15 is 0 Å². The van der Waals surface area contributed by atoms with E-state index in [9.17, 15) is 0 Å². The smallest absolute Gasteiger partial charge is 0.127 e. The number of hydrogen-bond donors (Lipinski definition) is 0. The van der Waals surface area contributed by atoms with Gasteiger partial charge in [-0.05, 0) is 30.5 Å². The van der Waals surface area contributed by atoms with E-state index in [1.54, 1.807) is 0 Å². The van der Waals surface area contributed by atoms with Gasteiger partial charge in [0.15, 0.2) is 0 Å². The predicted molar refractivity (Wildman–Crippen MR) is 73.6 cm³/mol. The topological polar surface area (TPSA) is 18.5 Å². The average molecular weight is 252 g/mol. The van der Waals surface area contributed by atoms with Crippen LogP contribution in [0.5, 0.6) is 11.5 Å². The van der Waals surface area contributed by atoms with Crippen LogP contribution in [0.3, 0.4) is 0 Å². The van der Waals surface area contributed by atoms with E-state index in [-0.39, 0.29) is 5.41 Å². The highest BCUT2D eigenvalue weighted by atomic mass is 16.5. The molecule has 19 heavy (non-hydrogen) atoms. The first kappa shape index (κ1) is 10.9. The molecule has 0 bridgehead atoms. The van der Waals surface area contributed by atoms with Crippen molar-refractivity contribution in [1.82, 2.24) is 0 Å². The highest BCUT2D eigenvalue weighted by molar-refractivity contribution is 5.55. The molecule has 1 heterocycles. The number of benzene rings is 2. The summed E-state index contributed by atoms with van der Waals surface area (Å²) < 4.78 is 11.8. The molecule has 96 valence electrons. The maximum absolute atomic E-state index is 6.03. The Labute approximate surface area is 113 Å². The van der Waals surface area contributed by atoms with Gasteiger partial charge in [-0.1, -0.05) is 36.4 Å². The molecule has 0 saturated heterocycles. The molecule has 2 aliphatic rings. The lowest BCUT2D eigenvalue weighted by Crippen LogP contribution is -2.09. The third kappa shape index (κ3) is 1.79. The van der Waals surface area contributed by atoms with Crippen LogP contribution in [0.25, 0.3) is 0 Å². The van der Waals surface area contributed by atoms with Crippen molar-refractivity contribution >= 4 is 0 Å². The van der Waals surface area contributed by atoms with Gasteiger partial charge in [-0.2, -0.15) is 0 Å². The molecule has 1 spiro atoms. The average Bonchev–Trinajstić information content (AvgIpc) is 3.15. The van der Waals surface area contributed by atoms with Crippen LogP contribution in [0.2, 0.25) is 0 Å². The zero-order chi connectivity index (χ0) is 12.7. The standard InChI is InChI=1S/C17H16O2/c1-2-5-13(6-3-1)11-18-14-7-4-8-15-16(14)17(9-10-17)12-19-15/h1-8H,9-12H2. The Balaban J connectivity index is 1.61. The van der Waals surface area contributed by atoms with E-state index in [0.29, 0.717) is 6.61 Å². The van der Waals surface area contributed by atoms with Crippen LogP contribution in [-0.4, -0.2) is 6.61 Å². The van der Waals surface area contributed by atoms with E-state index in [2.05, 4.69) is 24.3 Å². The number of ether oxygens (including phenoxy) is 2. The number of hydrogen-bond acceptors (Lipinski definition) is 2. The summed E-state index contributed by atoms with van der Waals surface area (Å²) >= 11 is 0. The largest absolute Gasteiger partial charge is 0.492 e. The Kier molecular flexibility index (Phi) is 2.31. The van der Waals surface area contributed by atoms with Crippen molar-refractivity contribution in [1.29, 1.82) is 0 Å². The summed E-state index contributed by atoms with van der Waals surface area (Å²) in [6, 6.07) is 16.4. The third-order valence-corrected chi connectivity index (χ3v) is 4.11. The van der Waals surface area contributed by atoms with Crippen molar-refractivity contribution in [2.45, 2.75) is 24.9 Å². The monoisotopic (exact) mass is 252 g/mol. The van der Waals surface area contributed by atoms with Gasteiger partial charge in [0.2, 0.25) is 0 Å². The summed E-state index contributed by atoms with van der Waals surface area (Å²) in [5.74, 6) is 2.01. The highest BCUT2D eigenvalue weighted by Crippen LogP contribution is 2.58. The molecule has 2 heteroatoms. The van der Waals surface area contributed by atoms with Crippen molar-refractivity contribution in [3.05, 3.63) is 59.7 Å². The van der Waals surface area contributed by atoms with Gasteiger partial charge in [-0.15, -0.1) is 0 Å². The van der Waals surface area contributed by atoms with Crippen molar-refractivity contribution in [2.75, 3.05) is 6.61 Å². The lowest BCUT2D eigenvalue weighted by Gasteiger charge is -2.13. The minimum atomic E-state index is 0.266. The molecule has 0 unspecified atom stereocenters. The fourth-order valence-corrected chi connectivity index (χ4v) is 2.84. The molecule has 1 aliphatic carbocycles. The molecule has 2 nitrogen and oxygen atoms in total. The van der Waals surface area contributed by atoms with Crippen LogP contribution in [0.15, 0.2) is 48.5 Å². The third-order valence-electron chi connectivity index (χ3n) is 4.11. The van der Waals surface area contributed by atoms with E-state index in [0.717, 1.165) is 18.1 Å². The van der Waals surface area contributed by atoms with Crippen LogP contribution in [0.1, 0.15) is 24.0 Å². The highest BCUT2D eigenvalue weighted by Gasteiger charge is 2.52. The number of fused-ring (bicyclic) bond motifs is 2. The SMILES string of the molecule is c1ccc(COc2cccc3c2C2(CC2)CO3)cc1. The first-order valence-electron chi connectivity index (χ1n) is 6.80. The van der Waals surface area contributed by atoms with Crippen molar-refractivity contribution in [3.63, 3.8) is 0 Å². The second-order valence-electron chi connectivity index (χ2n) is 5.47. The maximum atomic E-state index is 6.03. The van der Waals surface area contributed by atoms with Gasteiger partial charge in [-0.3, -0.25) is 0 Å². The molecule has 0 radical (unpaired) electrons. The molecular weight excluding hydrogens is 236 g/mol. The lowest BCUT2D eigenvalue weighted by atomic mass is 9.97. The minimum Gasteiger partial charge on any atom is -0.492 e. The summed E-state index contributed by atoms with van der Waals surface area (Å²) in [4.78, 5) is 0. The lowest BCUT2D eigenvalue weighted by molar-refractivity contribution is 0.300. The Morgan fingerprint density at radius 2 is 1.84 bits per heavy atom. The maximum Gasteiger partial charge on any atom is 0.127 e. The van der Waals surface area contributed by atoms with Crippen LogP contribution < -0.4 is 9.47 Å². The van der Waals surface area contributed by atoms with Crippen molar-refractivity contribution in [3.8, 4) is 11.5 Å². The van der Waals surface area contributed by atoms with E-state index in [1.807, 2.05) is 24.3 Å². The molecule has 1 fully saturated rings. The zero-order valence-corrected chi connectivity index (χ0v) is 10.8. The molecule has 0 atom stereocenters. The Bertz CT molecular complexity index is 600. The fourth-order valence-electron chi connectivity index (χ4n) is 2.84. The van der Waals surface area contributed by atoms with E-state index < -0.39 is 0 Å². The van der Waals surface area contributed by atoms with Gasteiger partial charge in [0.05, 0.1) is 6.61 Å². The van der Waals surface area contributed by atoms with Gasteiger partial charge < -0.3 is 9.47 Å². The molecule has 0 aromatic heterocycles. The summed E-state index contributed by atoms with van der Waals surface area (Å²) in [5, 5.41) is 0. The predicted octanol–water partition coefficient (Wildman–Crippen LogP) is 3.69. The van der Waals surface area contributed by atoms with Crippen LogP contribution in [0, 0.1) is 0 Å². The molecule has 0 N–H and O–H groups in total. The van der Waals surface area contributed by atoms with Gasteiger partial charge in [0.25, 0.3) is 0 Å². The van der Waals surface area contributed by atoms with Crippen LogP contribution in [0.4, 0.5) is 0 Å². The van der Waals surface area contributed by atoms with E-state index in [4.69, 9.17) is 9.47 Å². The molecule has 4 rings (SSSR count). The van der Waals surface area contributed by atoms with Gasteiger partial charge in [-0.25, -0.2) is 0 Å². The van der Waals surface area contributed by atoms with E-state index in [1.165, 1.54) is 24.0 Å². The summed E-state index contributed by atoms with van der Waals surface area (Å²) in [5.41, 5.74) is 2.76. The Hall–Kier alpha value is -1.96. The van der Waals surface area contributed by atoms with Gasteiger partial charge in [0, 0.05) is 11.0 Å². The minimum absolute atomic E-state index is 0.266. The normalized spacial score (nSPS) is 17.9. The first-order chi connectivity index (χ1) is 9.37. The Morgan fingerprint density at radius 3 is 2.63 bits per heavy atom. The van der Waals surface area contributed by atoms with Crippen LogP contribution in [-0.2, 0) is 12.0 Å². The Morgan fingerprint density at radius 1 is 1.00 bits per heavy atom. The van der Waals surface area contributed by atoms with Crippen molar-refractivity contribution in [2.24, 2.45) is 0 Å². The second-order valence-corrected chi connectivity index (χ2v) is 5.47. The fraction of sp³-hybridized carbons (Fsp3) is 0.294. The molecule has 2 aromatic carbocycles. The summed E-state index contributed by atoms with van der Waals surface area (Å²) in [7, 11) is 0. The van der Waals surface area contributed by atoms with Crippen LogP contribution >= 0.6 is 0 Å². The summed E-state index contributed by atoms with van der Waals surface area (Å²) in [6.07, 6.45) is 2.46. The quantitative estimate of drug-likeness (QED) is 0.829. The van der Waals surface area contributed by atoms with Gasteiger partial charge >= 0.3 is 0 Å². The summed E-state index contributed by atoms with van der Waals surface area (Å²) in [6.45, 7) is 1.45. The molecule has 1 saturated carbocycles. The molecular formula is C17H16O2. The molecule has 1 aliphatic heterocycles. The molecule has 2 aromatic rings. The molecule has 0 amide bonds. The first-order valence-corrected chi connectivity index (χ1v) is 6.80.